The molecule has 1 fully saturated rings. The molecule has 0 atom stereocenters. The Morgan fingerprint density at radius 2 is 1.73 bits per heavy atom. The first-order valence-electron chi connectivity index (χ1n) is 4.49. The number of hydrogen-bond donors (Lipinski definition) is 0. The van der Waals surface area contributed by atoms with Crippen LogP contribution >= 0.6 is 34.8 Å². The lowest BCUT2D eigenvalue weighted by atomic mass is 10.3. The van der Waals surface area contributed by atoms with Crippen molar-refractivity contribution in [1.82, 2.24) is 0 Å². The number of Topliss-reactive ketones (excluding diaryl/α,β-unsaturated/α-hetero) is 1. The molecule has 2 nitrogen and oxygen atoms in total. The number of carbonyl (C=O) groups is 1. The average Bonchev–Trinajstić information content (AvgIpc) is 2.49. The van der Waals surface area contributed by atoms with Gasteiger partial charge in [0.05, 0.1) is 22.3 Å². The molecule has 1 aliphatic heterocycles. The van der Waals surface area contributed by atoms with Gasteiger partial charge in [0.25, 0.3) is 0 Å². The van der Waals surface area contributed by atoms with Crippen molar-refractivity contribution in [2.75, 3.05) is 18.0 Å². The molecule has 2 rings (SSSR count). The van der Waals surface area contributed by atoms with E-state index in [9.17, 15) is 4.79 Å². The Balaban J connectivity index is 2.39. The van der Waals surface area contributed by atoms with Crippen LogP contribution < -0.4 is 4.90 Å². The summed E-state index contributed by atoms with van der Waals surface area (Å²) in [5, 5.41) is 1.48. The minimum absolute atomic E-state index is 0.206. The van der Waals surface area contributed by atoms with E-state index in [0.29, 0.717) is 40.3 Å². The topological polar surface area (TPSA) is 20.3 Å². The van der Waals surface area contributed by atoms with Gasteiger partial charge in [0, 0.05) is 18.0 Å². The number of ketones is 1. The van der Waals surface area contributed by atoms with Crippen LogP contribution in [0, 0.1) is 0 Å². The molecule has 1 heterocycles. The zero-order valence-corrected chi connectivity index (χ0v) is 10.0. The summed E-state index contributed by atoms with van der Waals surface area (Å²) < 4.78 is 0. The maximum absolute atomic E-state index is 11.2. The number of anilines is 1. The molecule has 80 valence electrons. The predicted octanol–water partition coefficient (Wildman–Crippen LogP) is 3.43. The predicted molar refractivity (Wildman–Crippen MR) is 63.3 cm³/mol. The second-order valence-electron chi connectivity index (χ2n) is 3.43. The molecule has 0 amide bonds. The van der Waals surface area contributed by atoms with Gasteiger partial charge in [0.1, 0.15) is 0 Å². The van der Waals surface area contributed by atoms with Gasteiger partial charge < -0.3 is 4.90 Å². The summed E-state index contributed by atoms with van der Waals surface area (Å²) in [5.41, 5.74) is 0.702. The second-order valence-corrected chi connectivity index (χ2v) is 4.68. The maximum atomic E-state index is 11.2. The number of nitrogens with zero attached hydrogens (tertiary/aromatic N) is 1. The van der Waals surface area contributed by atoms with Gasteiger partial charge in [0.15, 0.2) is 5.78 Å². The van der Waals surface area contributed by atoms with Crippen molar-refractivity contribution >= 4 is 46.3 Å². The fraction of sp³-hybridized carbons (Fsp3) is 0.300. The third kappa shape index (κ3) is 2.22. The van der Waals surface area contributed by atoms with Crippen LogP contribution in [0.4, 0.5) is 5.69 Å². The van der Waals surface area contributed by atoms with Gasteiger partial charge in [-0.15, -0.1) is 0 Å². The lowest BCUT2D eigenvalue weighted by Crippen LogP contribution is -2.20. The molecule has 0 N–H and O–H groups in total. The summed E-state index contributed by atoms with van der Waals surface area (Å²) in [6, 6.07) is 3.26. The highest BCUT2D eigenvalue weighted by Crippen LogP contribution is 2.37. The Bertz CT molecular complexity index is 396. The van der Waals surface area contributed by atoms with E-state index in [2.05, 4.69) is 0 Å². The number of carbonyl (C=O) groups excluding carboxylic acids is 1. The lowest BCUT2D eigenvalue weighted by molar-refractivity contribution is -0.116. The molecular weight excluding hydrogens is 256 g/mol. The highest BCUT2D eigenvalue weighted by molar-refractivity contribution is 6.41. The molecule has 1 aromatic carbocycles. The second kappa shape index (κ2) is 4.20. The van der Waals surface area contributed by atoms with Crippen LogP contribution in [0.5, 0.6) is 0 Å². The van der Waals surface area contributed by atoms with Gasteiger partial charge in [0.2, 0.25) is 0 Å². The van der Waals surface area contributed by atoms with Crippen molar-refractivity contribution in [2.45, 2.75) is 6.42 Å². The van der Waals surface area contributed by atoms with Gasteiger partial charge in [-0.25, -0.2) is 0 Å². The van der Waals surface area contributed by atoms with Crippen molar-refractivity contribution in [3.63, 3.8) is 0 Å². The summed E-state index contributed by atoms with van der Waals surface area (Å²) in [6.45, 7) is 1.04. The quantitative estimate of drug-likeness (QED) is 0.774. The lowest BCUT2D eigenvalue weighted by Gasteiger charge is -2.19. The SMILES string of the molecule is O=C1CCN(c2c(Cl)cc(Cl)cc2Cl)C1. The summed E-state index contributed by atoms with van der Waals surface area (Å²) >= 11 is 17.9. The van der Waals surface area contributed by atoms with Gasteiger partial charge >= 0.3 is 0 Å². The van der Waals surface area contributed by atoms with Crippen LogP contribution in [0.1, 0.15) is 6.42 Å². The molecule has 0 aromatic heterocycles. The monoisotopic (exact) mass is 263 g/mol. The summed E-state index contributed by atoms with van der Waals surface area (Å²) in [4.78, 5) is 13.0. The minimum atomic E-state index is 0.206. The van der Waals surface area contributed by atoms with E-state index in [1.807, 2.05) is 4.90 Å². The molecular formula is C10H8Cl3NO. The minimum Gasteiger partial charge on any atom is -0.361 e. The van der Waals surface area contributed by atoms with Crippen LogP contribution in [0.15, 0.2) is 12.1 Å². The molecule has 0 saturated carbocycles. The molecule has 15 heavy (non-hydrogen) atoms. The Morgan fingerprint density at radius 1 is 1.13 bits per heavy atom. The van der Waals surface area contributed by atoms with E-state index in [0.717, 1.165) is 0 Å². The molecule has 1 aromatic rings. The third-order valence-electron chi connectivity index (χ3n) is 2.33. The Morgan fingerprint density at radius 3 is 2.20 bits per heavy atom. The zero-order chi connectivity index (χ0) is 11.0. The summed E-state index contributed by atoms with van der Waals surface area (Å²) in [7, 11) is 0. The number of rotatable bonds is 1. The third-order valence-corrected chi connectivity index (χ3v) is 3.12. The van der Waals surface area contributed by atoms with Crippen molar-refractivity contribution in [1.29, 1.82) is 0 Å². The molecule has 1 saturated heterocycles. The summed E-state index contributed by atoms with van der Waals surface area (Å²) in [6.07, 6.45) is 0.551. The van der Waals surface area contributed by atoms with Crippen LogP contribution in [0.25, 0.3) is 0 Å². The van der Waals surface area contributed by atoms with Crippen LogP contribution in [0.2, 0.25) is 15.1 Å². The van der Waals surface area contributed by atoms with E-state index in [-0.39, 0.29) is 5.78 Å². The van der Waals surface area contributed by atoms with Crippen LogP contribution in [-0.4, -0.2) is 18.9 Å². The first-order chi connectivity index (χ1) is 7.08. The first kappa shape index (κ1) is 11.1. The average molecular weight is 265 g/mol. The van der Waals surface area contributed by atoms with E-state index in [1.165, 1.54) is 0 Å². The van der Waals surface area contributed by atoms with E-state index in [1.54, 1.807) is 12.1 Å². The number of halogens is 3. The molecule has 0 aliphatic carbocycles. The molecule has 0 unspecified atom stereocenters. The highest BCUT2D eigenvalue weighted by atomic mass is 35.5. The van der Waals surface area contributed by atoms with Crippen molar-refractivity contribution in [3.8, 4) is 0 Å². The van der Waals surface area contributed by atoms with Gasteiger partial charge in [-0.05, 0) is 12.1 Å². The van der Waals surface area contributed by atoms with Gasteiger partial charge in [-0.3, -0.25) is 4.79 Å². The Labute approximate surface area is 103 Å². The van der Waals surface area contributed by atoms with Crippen molar-refractivity contribution in [2.24, 2.45) is 0 Å². The van der Waals surface area contributed by atoms with E-state index >= 15 is 0 Å². The smallest absolute Gasteiger partial charge is 0.153 e. The normalized spacial score (nSPS) is 16.2. The van der Waals surface area contributed by atoms with Crippen LogP contribution in [-0.2, 0) is 4.79 Å². The molecule has 1 aliphatic rings. The standard InChI is InChI=1S/C10H8Cl3NO/c11-6-3-8(12)10(9(13)4-6)14-2-1-7(15)5-14/h3-4H,1-2,5H2. The Kier molecular flexibility index (Phi) is 3.10. The van der Waals surface area contributed by atoms with Crippen LogP contribution in [0.3, 0.4) is 0 Å². The number of hydrogen-bond acceptors (Lipinski definition) is 2. The zero-order valence-electron chi connectivity index (χ0n) is 7.77. The number of benzene rings is 1. The molecule has 0 spiro atoms. The first-order valence-corrected chi connectivity index (χ1v) is 5.62. The largest absolute Gasteiger partial charge is 0.361 e. The van der Waals surface area contributed by atoms with E-state index in [4.69, 9.17) is 34.8 Å². The molecule has 0 radical (unpaired) electrons. The van der Waals surface area contributed by atoms with Gasteiger partial charge in [-0.2, -0.15) is 0 Å². The molecule has 5 heteroatoms. The fourth-order valence-electron chi connectivity index (χ4n) is 1.66. The van der Waals surface area contributed by atoms with Crippen molar-refractivity contribution in [3.05, 3.63) is 27.2 Å². The molecule has 0 bridgehead atoms. The Hall–Kier alpha value is -0.440. The van der Waals surface area contributed by atoms with E-state index < -0.39 is 0 Å². The summed E-state index contributed by atoms with van der Waals surface area (Å²) in [5.74, 6) is 0.206. The highest BCUT2D eigenvalue weighted by Gasteiger charge is 2.23. The van der Waals surface area contributed by atoms with Gasteiger partial charge in [-0.1, -0.05) is 34.8 Å². The maximum Gasteiger partial charge on any atom is 0.153 e. The van der Waals surface area contributed by atoms with Crippen molar-refractivity contribution < 1.29 is 4.79 Å². The fourth-order valence-corrected chi connectivity index (χ4v) is 2.71.